The second kappa shape index (κ2) is 5.99. The van der Waals surface area contributed by atoms with Gasteiger partial charge in [0.15, 0.2) is 0 Å². The van der Waals surface area contributed by atoms with Crippen LogP contribution in [0.2, 0.25) is 0 Å². The van der Waals surface area contributed by atoms with Crippen molar-refractivity contribution in [2.24, 2.45) is 0 Å². The van der Waals surface area contributed by atoms with Crippen LogP contribution in [0.1, 0.15) is 35.5 Å². The number of pyridine rings is 1. The highest BCUT2D eigenvalue weighted by Crippen LogP contribution is 2.33. The maximum atomic E-state index is 11.9. The predicted octanol–water partition coefficient (Wildman–Crippen LogP) is 2.16. The fourth-order valence-corrected chi connectivity index (χ4v) is 2.66. The van der Waals surface area contributed by atoms with Gasteiger partial charge in [-0.1, -0.05) is 18.1 Å². The third-order valence-electron chi connectivity index (χ3n) is 3.77. The second-order valence-corrected chi connectivity index (χ2v) is 6.17. The molecule has 3 N–H and O–H groups in total. The topological polar surface area (TPSA) is 74.2 Å². The molecule has 5 heteroatoms. The first-order chi connectivity index (χ1) is 11.4. The minimum Gasteiger partial charge on any atom is -0.378 e. The van der Waals surface area contributed by atoms with Crippen LogP contribution in [0, 0.1) is 11.8 Å². The number of aromatic nitrogens is 1. The zero-order valence-corrected chi connectivity index (χ0v) is 13.9. The predicted molar refractivity (Wildman–Crippen MR) is 93.6 cm³/mol. The van der Waals surface area contributed by atoms with Crippen LogP contribution < -0.4 is 10.6 Å². The number of hydrogen-bond donors (Lipinski definition) is 3. The number of fused-ring (bicyclic) bond motifs is 1. The summed E-state index contributed by atoms with van der Waals surface area (Å²) >= 11 is 0. The van der Waals surface area contributed by atoms with Crippen molar-refractivity contribution < 1.29 is 9.90 Å². The summed E-state index contributed by atoms with van der Waals surface area (Å²) in [6.45, 7) is 3.78. The first-order valence-electron chi connectivity index (χ1n) is 7.74. The Balaban J connectivity index is 2.07. The van der Waals surface area contributed by atoms with Gasteiger partial charge in [0.1, 0.15) is 17.1 Å². The van der Waals surface area contributed by atoms with Gasteiger partial charge in [-0.2, -0.15) is 0 Å². The Bertz CT molecular complexity index is 870. The van der Waals surface area contributed by atoms with E-state index in [1.54, 1.807) is 20.9 Å². The van der Waals surface area contributed by atoms with Crippen LogP contribution in [0.4, 0.5) is 5.82 Å². The van der Waals surface area contributed by atoms with Gasteiger partial charge in [-0.3, -0.25) is 4.79 Å². The van der Waals surface area contributed by atoms with Gasteiger partial charge in [0.2, 0.25) is 0 Å². The maximum Gasteiger partial charge on any atom is 0.251 e. The summed E-state index contributed by atoms with van der Waals surface area (Å²) in [4.78, 5) is 16.4. The molecule has 0 aliphatic carbocycles. The lowest BCUT2D eigenvalue weighted by atomic mass is 9.97. The Kier molecular flexibility index (Phi) is 4.00. The van der Waals surface area contributed by atoms with E-state index in [0.717, 1.165) is 16.7 Å². The molecule has 1 aromatic heterocycles. The summed E-state index contributed by atoms with van der Waals surface area (Å²) in [5, 5.41) is 15.7. The molecule has 24 heavy (non-hydrogen) atoms. The number of rotatable bonds is 2. The molecule has 1 aliphatic heterocycles. The fraction of sp³-hybridized carbons (Fsp3) is 0.263. The van der Waals surface area contributed by atoms with E-state index in [9.17, 15) is 9.90 Å². The highest BCUT2D eigenvalue weighted by Gasteiger charge is 2.23. The van der Waals surface area contributed by atoms with E-state index in [-0.39, 0.29) is 5.91 Å². The summed E-state index contributed by atoms with van der Waals surface area (Å²) in [5.41, 5.74) is 3.10. The average molecular weight is 321 g/mol. The van der Waals surface area contributed by atoms with Crippen LogP contribution >= 0.6 is 0 Å². The molecular formula is C19H19N3O2. The van der Waals surface area contributed by atoms with Crippen LogP contribution in [0.3, 0.4) is 0 Å². The molecule has 122 valence electrons. The van der Waals surface area contributed by atoms with Crippen LogP contribution in [0.25, 0.3) is 11.1 Å². The Labute approximate surface area is 141 Å². The summed E-state index contributed by atoms with van der Waals surface area (Å²) in [6, 6.07) is 9.45. The number of nitrogens with one attached hydrogen (secondary N) is 2. The fourth-order valence-electron chi connectivity index (χ4n) is 2.66. The van der Waals surface area contributed by atoms with Crippen LogP contribution in [-0.2, 0) is 6.54 Å². The van der Waals surface area contributed by atoms with Crippen molar-refractivity contribution in [2.75, 3.05) is 12.4 Å². The quantitative estimate of drug-likeness (QED) is 0.741. The van der Waals surface area contributed by atoms with Gasteiger partial charge in [-0.05, 0) is 49.1 Å². The van der Waals surface area contributed by atoms with Gasteiger partial charge in [0.25, 0.3) is 5.91 Å². The number of amides is 1. The molecule has 1 aliphatic rings. The molecule has 1 amide bonds. The molecule has 0 spiro atoms. The zero-order chi connectivity index (χ0) is 17.3. The highest BCUT2D eigenvalue weighted by molar-refractivity contribution is 6.01. The molecule has 0 fully saturated rings. The second-order valence-electron chi connectivity index (χ2n) is 6.17. The molecule has 0 unspecified atom stereocenters. The first kappa shape index (κ1) is 16.0. The van der Waals surface area contributed by atoms with Crippen molar-refractivity contribution in [3.63, 3.8) is 0 Å². The van der Waals surface area contributed by atoms with Gasteiger partial charge in [-0.25, -0.2) is 4.98 Å². The lowest BCUT2D eigenvalue weighted by molar-refractivity contribution is 0.0965. The molecule has 5 nitrogen and oxygen atoms in total. The summed E-state index contributed by atoms with van der Waals surface area (Å²) in [5.74, 6) is 6.28. The third-order valence-corrected chi connectivity index (χ3v) is 3.77. The van der Waals surface area contributed by atoms with Crippen molar-refractivity contribution in [3.8, 4) is 23.0 Å². The minimum atomic E-state index is -1.06. The standard InChI is InChI=1S/C19H19N3O2/c1-19(2,24)10-9-12-7-8-14(17(20-3)22-12)13-5-4-6-15-16(13)11-21-18(15)23/h4-8,24H,11H2,1-3H3,(H,20,22)(H,21,23). The van der Waals surface area contributed by atoms with Gasteiger partial charge in [0, 0.05) is 24.7 Å². The number of anilines is 1. The van der Waals surface area contributed by atoms with Crippen molar-refractivity contribution in [1.29, 1.82) is 0 Å². The lowest BCUT2D eigenvalue weighted by Gasteiger charge is -2.12. The number of carbonyl (C=O) groups excluding carboxylic acids is 1. The molecule has 0 atom stereocenters. The van der Waals surface area contributed by atoms with E-state index in [0.29, 0.717) is 23.6 Å². The van der Waals surface area contributed by atoms with E-state index < -0.39 is 5.60 Å². The Morgan fingerprint density at radius 2 is 1.96 bits per heavy atom. The normalized spacial score (nSPS) is 12.9. The van der Waals surface area contributed by atoms with Gasteiger partial charge in [-0.15, -0.1) is 0 Å². The van der Waals surface area contributed by atoms with E-state index in [4.69, 9.17) is 0 Å². The molecule has 0 saturated heterocycles. The van der Waals surface area contributed by atoms with Crippen molar-refractivity contribution >= 4 is 11.7 Å². The van der Waals surface area contributed by atoms with E-state index in [1.165, 1.54) is 0 Å². The molecule has 0 saturated carbocycles. The van der Waals surface area contributed by atoms with E-state index in [2.05, 4.69) is 27.5 Å². The largest absolute Gasteiger partial charge is 0.378 e. The molecule has 0 bridgehead atoms. The molecular weight excluding hydrogens is 302 g/mol. The highest BCUT2D eigenvalue weighted by atomic mass is 16.3. The Morgan fingerprint density at radius 1 is 1.21 bits per heavy atom. The summed E-state index contributed by atoms with van der Waals surface area (Å²) in [6.07, 6.45) is 0. The first-order valence-corrected chi connectivity index (χ1v) is 7.74. The molecule has 2 heterocycles. The molecule has 1 aromatic carbocycles. The number of nitrogens with zero attached hydrogens (tertiary/aromatic N) is 1. The average Bonchev–Trinajstić information content (AvgIpc) is 2.93. The Morgan fingerprint density at radius 3 is 2.67 bits per heavy atom. The van der Waals surface area contributed by atoms with Crippen molar-refractivity contribution in [2.45, 2.75) is 26.0 Å². The van der Waals surface area contributed by atoms with Crippen molar-refractivity contribution in [1.82, 2.24) is 10.3 Å². The van der Waals surface area contributed by atoms with Crippen LogP contribution in [-0.4, -0.2) is 28.6 Å². The van der Waals surface area contributed by atoms with Crippen LogP contribution in [0.15, 0.2) is 30.3 Å². The summed E-state index contributed by atoms with van der Waals surface area (Å²) < 4.78 is 0. The minimum absolute atomic E-state index is 0.0431. The maximum absolute atomic E-state index is 11.9. The monoisotopic (exact) mass is 321 g/mol. The summed E-state index contributed by atoms with van der Waals surface area (Å²) in [7, 11) is 1.80. The van der Waals surface area contributed by atoms with Crippen LogP contribution in [0.5, 0.6) is 0 Å². The number of carbonyl (C=O) groups is 1. The van der Waals surface area contributed by atoms with Gasteiger partial charge < -0.3 is 15.7 Å². The van der Waals surface area contributed by atoms with E-state index >= 15 is 0 Å². The van der Waals surface area contributed by atoms with Gasteiger partial charge >= 0.3 is 0 Å². The molecule has 2 aromatic rings. The lowest BCUT2D eigenvalue weighted by Crippen LogP contribution is -2.14. The number of aliphatic hydroxyl groups is 1. The zero-order valence-electron chi connectivity index (χ0n) is 13.9. The van der Waals surface area contributed by atoms with E-state index in [1.807, 2.05) is 30.3 Å². The number of benzene rings is 1. The third kappa shape index (κ3) is 3.10. The Hall–Kier alpha value is -2.84. The van der Waals surface area contributed by atoms with Crippen molar-refractivity contribution in [3.05, 3.63) is 47.2 Å². The molecule has 3 rings (SSSR count). The van der Waals surface area contributed by atoms with Gasteiger partial charge in [0.05, 0.1) is 0 Å². The molecule has 0 radical (unpaired) electrons. The smallest absolute Gasteiger partial charge is 0.251 e. The SMILES string of the molecule is CNc1nc(C#CC(C)(C)O)ccc1-c1cccc2c1CNC2=O. The number of hydrogen-bond acceptors (Lipinski definition) is 4.